The molecule has 28 heteroatoms. The first kappa shape index (κ1) is 78.5. The largest absolute Gasteiger partial charge is 0.465 e. The number of ether oxygens (including phenoxy) is 4. The van der Waals surface area contributed by atoms with Crippen LogP contribution in [0.1, 0.15) is 86.0 Å². The minimum atomic E-state index is -3.49. The van der Waals surface area contributed by atoms with E-state index in [4.69, 9.17) is 28.9 Å². The number of aryl methyl sites for hydroxylation is 2. The smallest absolute Gasteiger partial charge is 0.408 e. The van der Waals surface area contributed by atoms with Crippen LogP contribution in [0.15, 0.2) is 115 Å². The van der Waals surface area contributed by atoms with Crippen molar-refractivity contribution in [2.45, 2.75) is 185 Å². The molecular weight excluding hydrogens is 1370 g/mol. The maximum atomic E-state index is 13.1. The predicted octanol–water partition coefficient (Wildman–Crippen LogP) is 16.8. The monoisotopic (exact) mass is 1470 g/mol. The Hall–Kier alpha value is -6.23. The topological polar surface area (TPSA) is 284 Å². The molecule has 4 atom stereocenters. The summed E-state index contributed by atoms with van der Waals surface area (Å²) in [5, 5.41) is 21.6. The van der Waals surface area contributed by atoms with E-state index in [2.05, 4.69) is 83.9 Å². The zero-order valence-electron chi connectivity index (χ0n) is 60.2. The molecule has 4 heterocycles. The summed E-state index contributed by atoms with van der Waals surface area (Å²) in [7, 11) is -12.2. The van der Waals surface area contributed by atoms with E-state index in [1.54, 1.807) is 0 Å². The van der Waals surface area contributed by atoms with Crippen LogP contribution in [0.3, 0.4) is 0 Å². The molecule has 2 aromatic heterocycles. The number of imidazole rings is 2. The fourth-order valence-corrected chi connectivity index (χ4v) is 18.8. The Morgan fingerprint density at radius 2 is 0.909 bits per heavy atom. The minimum Gasteiger partial charge on any atom is -0.465 e. The number of carboxylic acid groups (broad SMARTS) is 2. The highest BCUT2D eigenvalue weighted by atomic mass is 32.3. The summed E-state index contributed by atoms with van der Waals surface area (Å²) in [5.41, 5.74) is 8.68. The highest BCUT2D eigenvalue weighted by Gasteiger charge is 2.47. The number of aromatic nitrogens is 4. The van der Waals surface area contributed by atoms with Gasteiger partial charge in [0.1, 0.15) is 49.1 Å². The Labute approximate surface area is 591 Å². The third-order valence-corrected chi connectivity index (χ3v) is 29.0. The van der Waals surface area contributed by atoms with Gasteiger partial charge in [-0.1, -0.05) is 170 Å². The van der Waals surface area contributed by atoms with E-state index < -0.39 is 88.6 Å². The van der Waals surface area contributed by atoms with Crippen molar-refractivity contribution in [3.05, 3.63) is 166 Å². The van der Waals surface area contributed by atoms with Gasteiger partial charge in [0.2, 0.25) is 11.8 Å². The lowest BCUT2D eigenvalue weighted by atomic mass is 9.96. The first-order chi connectivity index (χ1) is 46.4. The van der Waals surface area contributed by atoms with Crippen molar-refractivity contribution in [3.8, 4) is 0 Å². The molecule has 2 aliphatic rings. The SMILES string of the molecule is Cc1cc(C[C@@H](c2nc3ccccc3n2COCC[Si](C)(C)C)N(Cc2ccccc2)C(=O)O)ccc1[C@@H]1CC(=O)N(COCC[Si](C)(C)C)S1(O)O.Cc1cc(C[C@H](NC(=O)O)c2nc3ccccc3n2COCC[Si](C)(C)C)ccc1[C@H]1CC(=O)N(COCC[Si](C)(C)C)S1(O)O. The molecule has 0 radical (unpaired) electrons. The Bertz CT molecular complexity index is 3910. The van der Waals surface area contributed by atoms with E-state index in [1.165, 1.54) is 4.90 Å². The molecule has 0 spiro atoms. The van der Waals surface area contributed by atoms with Crippen molar-refractivity contribution in [1.82, 2.24) is 37.9 Å². The molecule has 2 saturated heterocycles. The van der Waals surface area contributed by atoms with Gasteiger partial charge in [0.25, 0.3) is 0 Å². The van der Waals surface area contributed by atoms with Crippen molar-refractivity contribution >= 4 is 99.9 Å². The Morgan fingerprint density at radius 3 is 1.31 bits per heavy atom. The molecule has 2 fully saturated rings. The third kappa shape index (κ3) is 21.4. The number of carbonyl (C=O) groups is 4. The highest BCUT2D eigenvalue weighted by molar-refractivity contribution is 8.23. The van der Waals surface area contributed by atoms with E-state index in [0.29, 0.717) is 62.0 Å². The van der Waals surface area contributed by atoms with Gasteiger partial charge in [0.15, 0.2) is 0 Å². The Kier molecular flexibility index (Phi) is 26.4. The average molecular weight is 1470 g/mol. The Morgan fingerprint density at radius 1 is 0.525 bits per heavy atom. The summed E-state index contributed by atoms with van der Waals surface area (Å²) in [4.78, 5) is 62.3. The molecule has 542 valence electrons. The van der Waals surface area contributed by atoms with Crippen LogP contribution in [0.5, 0.6) is 0 Å². The van der Waals surface area contributed by atoms with Gasteiger partial charge in [-0.2, -0.15) is 0 Å². The van der Waals surface area contributed by atoms with E-state index in [1.807, 2.05) is 138 Å². The molecule has 7 N–H and O–H groups in total. The fraction of sp³-hybridized carbons (Fsp3) is 0.493. The van der Waals surface area contributed by atoms with E-state index >= 15 is 0 Å². The predicted molar refractivity (Wildman–Crippen MR) is 406 cm³/mol. The van der Waals surface area contributed by atoms with Gasteiger partial charge >= 0.3 is 12.2 Å². The van der Waals surface area contributed by atoms with Gasteiger partial charge in [0, 0.05) is 78.1 Å². The number of hydrogen-bond acceptors (Lipinski definition) is 14. The fourth-order valence-electron chi connectivity index (χ4n) is 12.0. The van der Waals surface area contributed by atoms with Gasteiger partial charge in [0.05, 0.1) is 47.0 Å². The molecule has 0 bridgehead atoms. The van der Waals surface area contributed by atoms with Crippen LogP contribution in [0, 0.1) is 13.8 Å². The second-order valence-electron chi connectivity index (χ2n) is 30.9. The number of amides is 4. The number of hydrogen-bond donors (Lipinski definition) is 7. The molecule has 4 amide bonds. The quantitative estimate of drug-likeness (QED) is 0.0152. The maximum Gasteiger partial charge on any atom is 0.408 e. The molecule has 2 aliphatic heterocycles. The summed E-state index contributed by atoms with van der Waals surface area (Å²) in [5.74, 6) is 0.437. The van der Waals surface area contributed by atoms with Crippen LogP contribution >= 0.6 is 21.6 Å². The van der Waals surface area contributed by atoms with Gasteiger partial charge < -0.3 is 43.6 Å². The van der Waals surface area contributed by atoms with Crippen LogP contribution in [0.2, 0.25) is 103 Å². The molecule has 9 rings (SSSR count). The van der Waals surface area contributed by atoms with Crippen molar-refractivity contribution < 1.29 is 66.5 Å². The summed E-state index contributed by atoms with van der Waals surface area (Å²) in [6, 6.07) is 38.7. The summed E-state index contributed by atoms with van der Waals surface area (Å²) >= 11 is 0. The summed E-state index contributed by atoms with van der Waals surface area (Å²) < 4.78 is 75.0. The summed E-state index contributed by atoms with van der Waals surface area (Å²) in [6.07, 6.45) is -1.69. The van der Waals surface area contributed by atoms with Crippen molar-refractivity contribution in [2.75, 3.05) is 39.9 Å². The lowest BCUT2D eigenvalue weighted by molar-refractivity contribution is -0.129. The minimum absolute atomic E-state index is 0.0230. The van der Waals surface area contributed by atoms with Crippen molar-refractivity contribution in [2.24, 2.45) is 0 Å². The molecule has 7 aromatic rings. The lowest BCUT2D eigenvalue weighted by Crippen LogP contribution is -2.36. The number of nitrogens with one attached hydrogen (secondary N) is 1. The number of carbonyl (C=O) groups excluding carboxylic acids is 2. The normalized spacial score (nSPS) is 17.8. The first-order valence-corrected chi connectivity index (χ1v) is 52.0. The maximum absolute atomic E-state index is 13.1. The molecule has 0 saturated carbocycles. The van der Waals surface area contributed by atoms with Crippen molar-refractivity contribution in [3.63, 3.8) is 0 Å². The molecule has 22 nitrogen and oxygen atoms in total. The second kappa shape index (κ2) is 33.3. The van der Waals surface area contributed by atoms with Crippen LogP contribution in [-0.2, 0) is 61.4 Å². The zero-order chi connectivity index (χ0) is 72.4. The van der Waals surface area contributed by atoms with Gasteiger partial charge in [-0.3, -0.25) is 32.7 Å². The van der Waals surface area contributed by atoms with Gasteiger partial charge in [-0.25, -0.2) is 28.2 Å². The van der Waals surface area contributed by atoms with E-state index in [0.717, 1.165) is 82.7 Å². The van der Waals surface area contributed by atoms with Crippen molar-refractivity contribution in [1.29, 1.82) is 0 Å². The van der Waals surface area contributed by atoms with Gasteiger partial charge in [-0.05, 0) is 101 Å². The van der Waals surface area contributed by atoms with Gasteiger partial charge in [-0.15, -0.1) is 21.6 Å². The highest BCUT2D eigenvalue weighted by Crippen LogP contribution is 2.64. The van der Waals surface area contributed by atoms with Crippen LogP contribution < -0.4 is 5.32 Å². The van der Waals surface area contributed by atoms with Crippen LogP contribution in [-0.4, -0.2) is 157 Å². The number of fused-ring (bicyclic) bond motifs is 2. The standard InChI is InChI=1S/C39H56N4O7SSi2.C32H50N4O7SSi2/c1-29-23-31(17-18-32(29)36-25-37(44)43(51(36,47)48)28-50-20-22-53(5,6)7)24-35(41(39(45)46)26-30-13-9-8-10-14-30)38-40-33-15-11-12-16-34(33)42(38)27-49-19-21-52(2,3)4;1-23-18-24(12-13-25(23)29-20-30(37)36(44(29,40)41)22-43-15-17-46(5,6)7)19-27(34-32(38)39)31-33-26-10-8-9-11-28(26)35(31)21-42-14-16-45(2,3)4/h8-18,23,35-36,47-48H,19-22,24-28H2,1-7H3,(H,45,46);8-13,18,27,29,34,40-41H,14-17,19-22H2,1-7H3,(H,38,39)/t35-,36-;27-,29+/m00/s1. The second-order valence-corrected chi connectivity index (χ2v) is 57.7. The van der Waals surface area contributed by atoms with Crippen LogP contribution in [0.25, 0.3) is 22.1 Å². The number of rotatable bonds is 32. The zero-order valence-corrected chi connectivity index (χ0v) is 65.8. The number of nitrogens with zero attached hydrogens (tertiary/aromatic N) is 7. The van der Waals surface area contributed by atoms with E-state index in [-0.39, 0.29) is 58.1 Å². The third-order valence-electron chi connectivity index (χ3n) is 17.9. The summed E-state index contributed by atoms with van der Waals surface area (Å²) in [6.45, 7) is 33.4. The molecular formula is C71H106N8O14S2Si4. The molecule has 0 aliphatic carbocycles. The average Bonchev–Trinajstić information content (AvgIpc) is 1.66. The Balaban J connectivity index is 0.000000255. The molecule has 5 aromatic carbocycles. The lowest BCUT2D eigenvalue weighted by Gasteiger charge is -2.41. The number of benzene rings is 5. The molecule has 0 unspecified atom stereocenters. The van der Waals surface area contributed by atoms with Crippen LogP contribution in [0.4, 0.5) is 9.59 Å². The van der Waals surface area contributed by atoms with E-state index in [9.17, 15) is 47.6 Å². The first-order valence-electron chi connectivity index (χ1n) is 34.0. The molecule has 99 heavy (non-hydrogen) atoms. The number of para-hydroxylation sites is 4.